The van der Waals surface area contributed by atoms with Crippen molar-refractivity contribution in [3.05, 3.63) is 75.6 Å². The van der Waals surface area contributed by atoms with Crippen molar-refractivity contribution < 1.29 is 14.6 Å². The topological polar surface area (TPSA) is 75.5 Å². The van der Waals surface area contributed by atoms with E-state index in [1.54, 1.807) is 29.4 Å². The fourth-order valence-electron chi connectivity index (χ4n) is 3.65. The Labute approximate surface area is 194 Å². The number of fused-ring (bicyclic) bond motifs is 2. The zero-order chi connectivity index (χ0) is 21.5. The number of nitrogens with zero attached hydrogens (tertiary/aromatic N) is 3. The molecule has 0 bridgehead atoms. The second-order valence-electron chi connectivity index (χ2n) is 7.05. The fourth-order valence-corrected chi connectivity index (χ4v) is 4.84. The maximum atomic E-state index is 13.3. The quantitative estimate of drug-likeness (QED) is 0.360. The lowest BCUT2D eigenvalue weighted by Crippen LogP contribution is -2.38. The Morgan fingerprint density at radius 1 is 1.06 bits per heavy atom. The van der Waals surface area contributed by atoms with Gasteiger partial charge < -0.3 is 14.7 Å². The van der Waals surface area contributed by atoms with Crippen LogP contribution in [0.2, 0.25) is 0 Å². The Balaban J connectivity index is 1.60. The molecule has 1 aliphatic rings. The zero-order valence-electron chi connectivity index (χ0n) is 16.0. The second-order valence-corrected chi connectivity index (χ2v) is 8.76. The minimum absolute atomic E-state index is 0.0475. The Bertz CT molecular complexity index is 1310. The van der Waals surface area contributed by atoms with Gasteiger partial charge in [0.2, 0.25) is 5.88 Å². The van der Waals surface area contributed by atoms with Gasteiger partial charge in [0.05, 0.1) is 15.5 Å². The molecule has 6 nitrogen and oxygen atoms in total. The van der Waals surface area contributed by atoms with Crippen LogP contribution in [0.3, 0.4) is 0 Å². The summed E-state index contributed by atoms with van der Waals surface area (Å²) in [5.74, 6) is 0.251. The van der Waals surface area contributed by atoms with Crippen LogP contribution in [0, 0.1) is 0 Å². The van der Waals surface area contributed by atoms with Crippen LogP contribution >= 0.6 is 31.9 Å². The first kappa shape index (κ1) is 20.0. The number of pyridine rings is 2. The number of amides is 1. The lowest BCUT2D eigenvalue weighted by atomic mass is 10.0. The van der Waals surface area contributed by atoms with Gasteiger partial charge in [-0.25, -0.2) is 4.98 Å². The normalized spacial score (nSPS) is 13.0. The molecule has 1 amide bonds. The van der Waals surface area contributed by atoms with Crippen LogP contribution in [-0.2, 0) is 0 Å². The van der Waals surface area contributed by atoms with Crippen LogP contribution < -0.4 is 9.64 Å². The minimum Gasteiger partial charge on any atom is -0.506 e. The summed E-state index contributed by atoms with van der Waals surface area (Å²) in [7, 11) is 0. The molecule has 154 valence electrons. The molecule has 0 saturated carbocycles. The molecule has 0 atom stereocenters. The summed E-state index contributed by atoms with van der Waals surface area (Å²) in [6.45, 7) is 0.738. The van der Waals surface area contributed by atoms with Crippen molar-refractivity contribution in [3.63, 3.8) is 0 Å². The fraction of sp³-hybridized carbons (Fsp3) is 0.0870. The van der Waals surface area contributed by atoms with Gasteiger partial charge in [0, 0.05) is 40.7 Å². The number of hydrogen-bond acceptors (Lipinski definition) is 5. The van der Waals surface area contributed by atoms with Crippen LogP contribution in [0.5, 0.6) is 11.6 Å². The number of aromatic hydroxyl groups is 1. The molecule has 4 aromatic rings. The number of benzene rings is 2. The molecular formula is C23H15Br2N3O3. The van der Waals surface area contributed by atoms with E-state index in [-0.39, 0.29) is 11.7 Å². The molecule has 0 saturated heterocycles. The molecule has 1 aliphatic heterocycles. The number of anilines is 1. The van der Waals surface area contributed by atoms with Crippen LogP contribution in [0.15, 0.2) is 70.0 Å². The van der Waals surface area contributed by atoms with Gasteiger partial charge in [-0.1, -0.05) is 24.3 Å². The number of ether oxygens (including phenoxy) is 1. The molecule has 8 heteroatoms. The molecule has 0 fully saturated rings. The second kappa shape index (κ2) is 7.94. The predicted octanol–water partition coefficient (Wildman–Crippen LogP) is 5.57. The van der Waals surface area contributed by atoms with Crippen LogP contribution in [0.4, 0.5) is 5.69 Å². The number of aromatic nitrogens is 2. The summed E-state index contributed by atoms with van der Waals surface area (Å²) in [6, 6.07) is 13.1. The van der Waals surface area contributed by atoms with E-state index in [1.165, 1.54) is 0 Å². The van der Waals surface area contributed by atoms with E-state index >= 15 is 0 Å². The van der Waals surface area contributed by atoms with Crippen molar-refractivity contribution >= 4 is 54.2 Å². The number of hydrogen-bond donors (Lipinski definition) is 1. The van der Waals surface area contributed by atoms with Gasteiger partial charge in [-0.2, -0.15) is 0 Å². The highest BCUT2D eigenvalue weighted by atomic mass is 79.9. The van der Waals surface area contributed by atoms with Crippen molar-refractivity contribution in [1.29, 1.82) is 0 Å². The first-order chi connectivity index (χ1) is 15.0. The summed E-state index contributed by atoms with van der Waals surface area (Å²) in [5, 5.41) is 12.1. The number of halogens is 2. The number of carbonyl (C=O) groups is 1. The Morgan fingerprint density at radius 3 is 2.65 bits per heavy atom. The highest BCUT2D eigenvalue weighted by Gasteiger charge is 2.27. The van der Waals surface area contributed by atoms with Gasteiger partial charge in [-0.3, -0.25) is 9.78 Å². The average molecular weight is 541 g/mol. The van der Waals surface area contributed by atoms with Gasteiger partial charge in [0.1, 0.15) is 18.0 Å². The molecule has 1 N–H and O–H groups in total. The number of phenolic OH excluding ortho intramolecular Hbond substituents is 1. The maximum absolute atomic E-state index is 13.3. The first-order valence-corrected chi connectivity index (χ1v) is 11.1. The van der Waals surface area contributed by atoms with E-state index in [0.29, 0.717) is 39.2 Å². The summed E-state index contributed by atoms with van der Waals surface area (Å²) in [5.41, 5.74) is 2.81. The molecule has 5 rings (SSSR count). The van der Waals surface area contributed by atoms with Gasteiger partial charge in [-0.15, -0.1) is 0 Å². The predicted molar refractivity (Wildman–Crippen MR) is 126 cm³/mol. The van der Waals surface area contributed by atoms with Crippen molar-refractivity contribution in [1.82, 2.24) is 9.97 Å². The zero-order valence-corrected chi connectivity index (χ0v) is 19.2. The van der Waals surface area contributed by atoms with Gasteiger partial charge in [0.25, 0.3) is 5.91 Å². The SMILES string of the molecule is O=C(c1cc(Br)c(O)c(Br)c1)N1CCOc2ncc(-c3cncc4ccccc34)cc21. The van der Waals surface area contributed by atoms with E-state index in [0.717, 1.165) is 21.9 Å². The smallest absolute Gasteiger partial charge is 0.258 e. The molecule has 2 aromatic heterocycles. The van der Waals surface area contributed by atoms with E-state index in [2.05, 4.69) is 41.8 Å². The van der Waals surface area contributed by atoms with Crippen molar-refractivity contribution in [2.24, 2.45) is 0 Å². The molecule has 2 aromatic carbocycles. The Kier molecular flexibility index (Phi) is 5.11. The summed E-state index contributed by atoms with van der Waals surface area (Å²) >= 11 is 6.58. The minimum atomic E-state index is -0.207. The molecule has 3 heterocycles. The lowest BCUT2D eigenvalue weighted by Gasteiger charge is -2.29. The maximum Gasteiger partial charge on any atom is 0.258 e. The monoisotopic (exact) mass is 539 g/mol. The van der Waals surface area contributed by atoms with Gasteiger partial charge >= 0.3 is 0 Å². The van der Waals surface area contributed by atoms with Crippen LogP contribution in [-0.4, -0.2) is 34.1 Å². The average Bonchev–Trinajstić information content (AvgIpc) is 2.80. The molecule has 0 spiro atoms. The highest BCUT2D eigenvalue weighted by Crippen LogP contribution is 2.38. The van der Waals surface area contributed by atoms with E-state index < -0.39 is 0 Å². The third kappa shape index (κ3) is 3.55. The van der Waals surface area contributed by atoms with Crippen LogP contribution in [0.1, 0.15) is 10.4 Å². The van der Waals surface area contributed by atoms with Gasteiger partial charge in [-0.05, 0) is 55.4 Å². The number of rotatable bonds is 2. The largest absolute Gasteiger partial charge is 0.506 e. The van der Waals surface area contributed by atoms with Crippen LogP contribution in [0.25, 0.3) is 21.9 Å². The number of carbonyl (C=O) groups excluding carboxylic acids is 1. The van der Waals surface area contributed by atoms with E-state index in [1.807, 2.05) is 36.5 Å². The Morgan fingerprint density at radius 2 is 1.84 bits per heavy atom. The summed E-state index contributed by atoms with van der Waals surface area (Å²) < 4.78 is 6.58. The third-order valence-corrected chi connectivity index (χ3v) is 6.37. The van der Waals surface area contributed by atoms with E-state index in [4.69, 9.17) is 4.74 Å². The highest BCUT2D eigenvalue weighted by molar-refractivity contribution is 9.11. The Hall–Kier alpha value is -2.97. The molecule has 31 heavy (non-hydrogen) atoms. The molecule has 0 unspecified atom stereocenters. The number of phenols is 1. The van der Waals surface area contributed by atoms with Crippen molar-refractivity contribution in [3.8, 4) is 22.8 Å². The molecular weight excluding hydrogens is 526 g/mol. The first-order valence-electron chi connectivity index (χ1n) is 9.49. The van der Waals surface area contributed by atoms with E-state index in [9.17, 15) is 9.90 Å². The summed E-state index contributed by atoms with van der Waals surface area (Å²) in [4.78, 5) is 23.8. The third-order valence-electron chi connectivity index (χ3n) is 5.16. The van der Waals surface area contributed by atoms with Crippen molar-refractivity contribution in [2.45, 2.75) is 0 Å². The summed E-state index contributed by atoms with van der Waals surface area (Å²) in [6.07, 6.45) is 5.37. The molecule has 0 aliphatic carbocycles. The van der Waals surface area contributed by atoms with Gasteiger partial charge in [0.15, 0.2) is 0 Å². The standard InChI is InChI=1S/C23H15Br2N3O3/c24-18-7-14(8-19(25)21(18)29)23(30)28-5-6-31-22-20(28)9-15(11-27-22)17-12-26-10-13-3-1-2-4-16(13)17/h1-4,7-12,29H,5-6H2. The van der Waals surface area contributed by atoms with Crippen molar-refractivity contribution in [2.75, 3.05) is 18.1 Å². The lowest BCUT2D eigenvalue weighted by molar-refractivity contribution is 0.0975. The molecule has 0 radical (unpaired) electrons.